The maximum atomic E-state index is 6.05. The standard InChI is InChI=1S/C11H14ClN3/c12-11-10-8(4-1-2-7-13)5-3-6-9(10)14-15-11/h3,5-6H,1-2,4,7,13H2,(H,14,15). The SMILES string of the molecule is NCCCCc1cccc2n[nH]c(Cl)c12. The maximum Gasteiger partial charge on any atom is 0.132 e. The number of nitrogens with one attached hydrogen (secondary N) is 1. The van der Waals surface area contributed by atoms with Gasteiger partial charge in [-0.15, -0.1) is 0 Å². The third-order valence-electron chi connectivity index (χ3n) is 2.52. The summed E-state index contributed by atoms with van der Waals surface area (Å²) in [6, 6.07) is 6.07. The molecule has 1 aromatic carbocycles. The second-order valence-corrected chi connectivity index (χ2v) is 3.97. The van der Waals surface area contributed by atoms with Crippen LogP contribution in [0.2, 0.25) is 5.15 Å². The Kier molecular flexibility index (Phi) is 3.23. The topological polar surface area (TPSA) is 54.7 Å². The van der Waals surface area contributed by atoms with Gasteiger partial charge in [0, 0.05) is 5.39 Å². The average molecular weight is 224 g/mol. The third kappa shape index (κ3) is 2.13. The number of halogens is 1. The van der Waals surface area contributed by atoms with Crippen LogP contribution in [0.5, 0.6) is 0 Å². The quantitative estimate of drug-likeness (QED) is 0.783. The highest BCUT2D eigenvalue weighted by atomic mass is 35.5. The van der Waals surface area contributed by atoms with Crippen LogP contribution in [0.3, 0.4) is 0 Å². The first-order chi connectivity index (χ1) is 7.33. The number of aromatic amines is 1. The molecule has 3 nitrogen and oxygen atoms in total. The van der Waals surface area contributed by atoms with Crippen molar-refractivity contribution in [2.24, 2.45) is 5.73 Å². The fourth-order valence-electron chi connectivity index (χ4n) is 1.77. The lowest BCUT2D eigenvalue weighted by atomic mass is 10.0. The molecule has 2 rings (SSSR count). The first-order valence-corrected chi connectivity index (χ1v) is 5.52. The number of unbranched alkanes of at least 4 members (excludes halogenated alkanes) is 1. The van der Waals surface area contributed by atoms with Crippen LogP contribution in [0.15, 0.2) is 18.2 Å². The Labute approximate surface area is 93.6 Å². The van der Waals surface area contributed by atoms with E-state index >= 15 is 0 Å². The summed E-state index contributed by atoms with van der Waals surface area (Å²) in [6.45, 7) is 0.745. The Morgan fingerprint density at radius 3 is 3.00 bits per heavy atom. The first kappa shape index (κ1) is 10.5. The van der Waals surface area contributed by atoms with Gasteiger partial charge in [-0.25, -0.2) is 0 Å². The van der Waals surface area contributed by atoms with Gasteiger partial charge in [0.05, 0.1) is 5.52 Å². The van der Waals surface area contributed by atoms with Crippen molar-refractivity contribution >= 4 is 22.5 Å². The number of aryl methyl sites for hydroxylation is 1. The van der Waals surface area contributed by atoms with Gasteiger partial charge in [-0.05, 0) is 37.4 Å². The minimum absolute atomic E-state index is 0.633. The lowest BCUT2D eigenvalue weighted by Gasteiger charge is -2.02. The number of hydrogen-bond donors (Lipinski definition) is 2. The molecule has 0 saturated heterocycles. The molecule has 4 heteroatoms. The van der Waals surface area contributed by atoms with E-state index in [1.165, 1.54) is 5.56 Å². The molecular weight excluding hydrogens is 210 g/mol. The lowest BCUT2D eigenvalue weighted by Crippen LogP contribution is -1.99. The molecule has 0 bridgehead atoms. The van der Waals surface area contributed by atoms with Crippen LogP contribution in [-0.4, -0.2) is 16.7 Å². The molecule has 0 radical (unpaired) electrons. The minimum atomic E-state index is 0.633. The molecule has 0 aliphatic heterocycles. The molecule has 0 atom stereocenters. The Balaban J connectivity index is 2.29. The van der Waals surface area contributed by atoms with E-state index < -0.39 is 0 Å². The van der Waals surface area contributed by atoms with Gasteiger partial charge in [0.25, 0.3) is 0 Å². The zero-order chi connectivity index (χ0) is 10.7. The Morgan fingerprint density at radius 1 is 1.33 bits per heavy atom. The van der Waals surface area contributed by atoms with Crippen molar-refractivity contribution in [3.05, 3.63) is 28.9 Å². The highest BCUT2D eigenvalue weighted by molar-refractivity contribution is 6.34. The van der Waals surface area contributed by atoms with E-state index in [0.29, 0.717) is 5.15 Å². The smallest absolute Gasteiger partial charge is 0.132 e. The number of nitrogens with two attached hydrogens (primary N) is 1. The van der Waals surface area contributed by atoms with E-state index in [2.05, 4.69) is 16.3 Å². The van der Waals surface area contributed by atoms with Gasteiger partial charge in [0.15, 0.2) is 0 Å². The molecule has 0 saturated carbocycles. The second-order valence-electron chi connectivity index (χ2n) is 3.59. The van der Waals surface area contributed by atoms with Crippen molar-refractivity contribution < 1.29 is 0 Å². The molecular formula is C11H14ClN3. The monoisotopic (exact) mass is 223 g/mol. The molecule has 1 heterocycles. The van der Waals surface area contributed by atoms with Crippen molar-refractivity contribution in [2.75, 3.05) is 6.54 Å². The van der Waals surface area contributed by atoms with Gasteiger partial charge in [0.2, 0.25) is 0 Å². The summed E-state index contributed by atoms with van der Waals surface area (Å²) < 4.78 is 0. The number of aromatic nitrogens is 2. The summed E-state index contributed by atoms with van der Waals surface area (Å²) in [5, 5.41) is 8.61. The first-order valence-electron chi connectivity index (χ1n) is 5.14. The van der Waals surface area contributed by atoms with E-state index in [1.807, 2.05) is 12.1 Å². The minimum Gasteiger partial charge on any atom is -0.330 e. The summed E-state index contributed by atoms with van der Waals surface area (Å²) in [5.41, 5.74) is 7.66. The average Bonchev–Trinajstić information content (AvgIpc) is 2.62. The third-order valence-corrected chi connectivity index (χ3v) is 2.80. The number of hydrogen-bond acceptors (Lipinski definition) is 2. The fraction of sp³-hybridized carbons (Fsp3) is 0.364. The number of fused-ring (bicyclic) bond motifs is 1. The van der Waals surface area contributed by atoms with Crippen molar-refractivity contribution in [3.8, 4) is 0 Å². The maximum absolute atomic E-state index is 6.05. The van der Waals surface area contributed by atoms with Gasteiger partial charge < -0.3 is 5.73 Å². The van der Waals surface area contributed by atoms with Crippen LogP contribution in [-0.2, 0) is 6.42 Å². The molecule has 0 aliphatic carbocycles. The zero-order valence-corrected chi connectivity index (χ0v) is 9.22. The molecule has 1 aromatic heterocycles. The van der Waals surface area contributed by atoms with E-state index in [0.717, 1.165) is 36.7 Å². The highest BCUT2D eigenvalue weighted by Gasteiger charge is 2.07. The number of H-pyrrole nitrogens is 1. The van der Waals surface area contributed by atoms with Crippen LogP contribution in [0.25, 0.3) is 10.9 Å². The summed E-state index contributed by atoms with van der Waals surface area (Å²) in [4.78, 5) is 0. The van der Waals surface area contributed by atoms with E-state index in [-0.39, 0.29) is 0 Å². The summed E-state index contributed by atoms with van der Waals surface area (Å²) >= 11 is 6.05. The van der Waals surface area contributed by atoms with E-state index in [1.54, 1.807) is 0 Å². The van der Waals surface area contributed by atoms with Crippen molar-refractivity contribution in [1.29, 1.82) is 0 Å². The van der Waals surface area contributed by atoms with Crippen LogP contribution in [0.4, 0.5) is 0 Å². The number of benzene rings is 1. The van der Waals surface area contributed by atoms with Gasteiger partial charge >= 0.3 is 0 Å². The van der Waals surface area contributed by atoms with Crippen LogP contribution in [0, 0.1) is 0 Å². The van der Waals surface area contributed by atoms with Crippen LogP contribution < -0.4 is 5.73 Å². The summed E-state index contributed by atoms with van der Waals surface area (Å²) in [7, 11) is 0. The highest BCUT2D eigenvalue weighted by Crippen LogP contribution is 2.25. The summed E-state index contributed by atoms with van der Waals surface area (Å²) in [6.07, 6.45) is 3.15. The van der Waals surface area contributed by atoms with E-state index in [9.17, 15) is 0 Å². The van der Waals surface area contributed by atoms with Crippen molar-refractivity contribution in [1.82, 2.24) is 10.2 Å². The Bertz CT molecular complexity index is 450. The predicted octanol–water partition coefficient (Wildman–Crippen LogP) is 2.50. The van der Waals surface area contributed by atoms with Gasteiger partial charge in [-0.2, -0.15) is 5.10 Å². The number of rotatable bonds is 4. The largest absolute Gasteiger partial charge is 0.330 e. The van der Waals surface area contributed by atoms with Crippen LogP contribution >= 0.6 is 11.6 Å². The lowest BCUT2D eigenvalue weighted by molar-refractivity contribution is 0.747. The molecule has 0 unspecified atom stereocenters. The molecule has 0 spiro atoms. The normalized spacial score (nSPS) is 11.1. The van der Waals surface area contributed by atoms with E-state index in [4.69, 9.17) is 17.3 Å². The molecule has 3 N–H and O–H groups in total. The Morgan fingerprint density at radius 2 is 2.20 bits per heavy atom. The molecule has 0 aliphatic rings. The predicted molar refractivity (Wildman–Crippen MR) is 63.1 cm³/mol. The molecule has 15 heavy (non-hydrogen) atoms. The molecule has 0 fully saturated rings. The second kappa shape index (κ2) is 4.64. The van der Waals surface area contributed by atoms with Crippen LogP contribution in [0.1, 0.15) is 18.4 Å². The number of nitrogens with zero attached hydrogens (tertiary/aromatic N) is 1. The molecule has 2 aromatic rings. The van der Waals surface area contributed by atoms with Gasteiger partial charge in [0.1, 0.15) is 5.15 Å². The molecule has 80 valence electrons. The van der Waals surface area contributed by atoms with Gasteiger partial charge in [-0.3, -0.25) is 5.10 Å². The van der Waals surface area contributed by atoms with Gasteiger partial charge in [-0.1, -0.05) is 23.7 Å². The zero-order valence-electron chi connectivity index (χ0n) is 8.46. The Hall–Kier alpha value is -1.06. The summed E-state index contributed by atoms with van der Waals surface area (Å²) in [5.74, 6) is 0. The fourth-order valence-corrected chi connectivity index (χ4v) is 2.03. The molecule has 0 amide bonds. The van der Waals surface area contributed by atoms with Crippen molar-refractivity contribution in [2.45, 2.75) is 19.3 Å². The van der Waals surface area contributed by atoms with Crippen molar-refractivity contribution in [3.63, 3.8) is 0 Å².